The Morgan fingerprint density at radius 3 is 2.50 bits per heavy atom. The summed E-state index contributed by atoms with van der Waals surface area (Å²) in [5.74, 6) is -0.0298. The third-order valence-corrected chi connectivity index (χ3v) is 5.15. The molecule has 24 heavy (non-hydrogen) atoms. The van der Waals surface area contributed by atoms with Crippen LogP contribution < -0.4 is 5.73 Å². The first-order valence-electron chi connectivity index (χ1n) is 7.90. The number of nitrogens with two attached hydrogens (primary N) is 1. The van der Waals surface area contributed by atoms with Gasteiger partial charge in [-0.25, -0.2) is 0 Å². The predicted octanol–water partition coefficient (Wildman–Crippen LogP) is 3.41. The highest BCUT2D eigenvalue weighted by atomic mass is 79.9. The molecule has 2 atom stereocenters. The van der Waals surface area contributed by atoms with Crippen molar-refractivity contribution < 1.29 is 4.79 Å². The summed E-state index contributed by atoms with van der Waals surface area (Å²) < 4.78 is 0.984. The number of nitrogens with zero attached hydrogens (tertiary/aromatic N) is 2. The second-order valence-corrected chi connectivity index (χ2v) is 7.24. The predicted molar refractivity (Wildman–Crippen MR) is 108 cm³/mol. The number of hydrogen-bond donors (Lipinski definition) is 1. The molecule has 0 radical (unpaired) electrons. The lowest BCUT2D eigenvalue weighted by Crippen LogP contribution is -2.52. The molecule has 0 spiro atoms. The molecule has 1 heterocycles. The van der Waals surface area contributed by atoms with Gasteiger partial charge < -0.3 is 10.6 Å². The second-order valence-electron chi connectivity index (χ2n) is 6.32. The van der Waals surface area contributed by atoms with Gasteiger partial charge in [-0.1, -0.05) is 35.0 Å². The summed E-state index contributed by atoms with van der Waals surface area (Å²) in [5, 5.41) is 0. The van der Waals surface area contributed by atoms with Crippen molar-refractivity contribution in [1.82, 2.24) is 9.80 Å². The number of likely N-dealkylation sites (tertiary alicyclic amines) is 1. The van der Waals surface area contributed by atoms with Crippen molar-refractivity contribution in [2.75, 3.05) is 26.7 Å². The quantitative estimate of drug-likeness (QED) is 0.763. The number of hydrogen-bond acceptors (Lipinski definition) is 3. The third kappa shape index (κ3) is 5.33. The molecule has 2 unspecified atom stereocenters. The minimum absolute atomic E-state index is 0. The summed E-state index contributed by atoms with van der Waals surface area (Å²) in [7, 11) is 1.86. The van der Waals surface area contributed by atoms with E-state index in [2.05, 4.69) is 27.8 Å². The fourth-order valence-corrected chi connectivity index (χ4v) is 3.50. The van der Waals surface area contributed by atoms with Crippen LogP contribution in [0, 0.1) is 0 Å². The van der Waals surface area contributed by atoms with Crippen LogP contribution in [0.15, 0.2) is 28.7 Å². The Morgan fingerprint density at radius 2 is 1.96 bits per heavy atom. The monoisotopic (exact) mass is 439 g/mol. The molecule has 0 bridgehead atoms. The van der Waals surface area contributed by atoms with E-state index in [1.807, 2.05) is 31.3 Å². The van der Waals surface area contributed by atoms with Gasteiger partial charge in [-0.05, 0) is 50.6 Å². The van der Waals surface area contributed by atoms with Crippen LogP contribution in [0.2, 0.25) is 0 Å². The zero-order valence-electron chi connectivity index (χ0n) is 14.5. The Balaban J connectivity index is 0.00000264. The molecule has 1 aliphatic heterocycles. The zero-order valence-corrected chi connectivity index (χ0v) is 17.7. The van der Waals surface area contributed by atoms with E-state index in [4.69, 9.17) is 5.73 Å². The van der Waals surface area contributed by atoms with Crippen LogP contribution in [0.1, 0.15) is 32.3 Å². The van der Waals surface area contributed by atoms with Crippen LogP contribution in [0.4, 0.5) is 0 Å². The van der Waals surface area contributed by atoms with Crippen molar-refractivity contribution in [1.29, 1.82) is 0 Å². The molecule has 0 saturated carbocycles. The average molecular weight is 441 g/mol. The molecular weight excluding hydrogens is 413 g/mol. The van der Waals surface area contributed by atoms with E-state index >= 15 is 0 Å². The van der Waals surface area contributed by atoms with E-state index in [0.717, 1.165) is 36.1 Å². The Morgan fingerprint density at radius 1 is 1.38 bits per heavy atom. The molecular formula is C17H28BrCl2N3O. The largest absolute Gasteiger partial charge is 0.342 e. The lowest BCUT2D eigenvalue weighted by Gasteiger charge is -2.33. The maximum Gasteiger partial charge on any atom is 0.246 e. The van der Waals surface area contributed by atoms with Crippen LogP contribution in [-0.2, 0) is 10.3 Å². The molecule has 1 fully saturated rings. The van der Waals surface area contributed by atoms with Crippen LogP contribution >= 0.6 is 40.7 Å². The van der Waals surface area contributed by atoms with Gasteiger partial charge in [-0.2, -0.15) is 0 Å². The minimum Gasteiger partial charge on any atom is -0.342 e. The van der Waals surface area contributed by atoms with Gasteiger partial charge in [-0.3, -0.25) is 9.69 Å². The lowest BCUT2D eigenvalue weighted by molar-refractivity contribution is -0.136. The van der Waals surface area contributed by atoms with Gasteiger partial charge >= 0.3 is 0 Å². The minimum atomic E-state index is -0.995. The molecule has 1 amide bonds. The summed E-state index contributed by atoms with van der Waals surface area (Å²) in [6.07, 6.45) is 2.37. The van der Waals surface area contributed by atoms with Gasteiger partial charge in [0.2, 0.25) is 5.91 Å². The molecule has 2 N–H and O–H groups in total. The molecule has 0 aliphatic carbocycles. The topological polar surface area (TPSA) is 49.6 Å². The number of carbonyl (C=O) groups excluding carboxylic acids is 1. The molecule has 7 heteroatoms. The highest BCUT2D eigenvalue weighted by Crippen LogP contribution is 2.24. The molecule has 4 nitrogen and oxygen atoms in total. The van der Waals surface area contributed by atoms with Crippen molar-refractivity contribution in [3.05, 3.63) is 34.3 Å². The summed E-state index contributed by atoms with van der Waals surface area (Å²) in [5.41, 5.74) is 6.20. The standard InChI is InChI=1S/C17H26BrN3O.2ClH/c1-4-21-11-5-6-15(21)12-20(3)16(22)17(2,19)13-7-9-14(18)10-8-13;;/h7-10,15H,4-6,11-12,19H2,1-3H3;2*1H. The van der Waals surface area contributed by atoms with Crippen LogP contribution in [-0.4, -0.2) is 48.4 Å². The first-order chi connectivity index (χ1) is 10.4. The fourth-order valence-electron chi connectivity index (χ4n) is 3.23. The van der Waals surface area contributed by atoms with Crippen molar-refractivity contribution in [3.8, 4) is 0 Å². The lowest BCUT2D eigenvalue weighted by atomic mass is 9.91. The number of halogens is 3. The van der Waals surface area contributed by atoms with Gasteiger partial charge in [0.25, 0.3) is 0 Å². The first-order valence-corrected chi connectivity index (χ1v) is 8.70. The number of benzene rings is 1. The Bertz CT molecular complexity index is 525. The van der Waals surface area contributed by atoms with Crippen molar-refractivity contribution in [3.63, 3.8) is 0 Å². The number of carbonyl (C=O) groups is 1. The highest BCUT2D eigenvalue weighted by Gasteiger charge is 2.35. The fraction of sp³-hybridized carbons (Fsp3) is 0.588. The SMILES string of the molecule is CCN1CCCC1CN(C)C(=O)C(C)(N)c1ccc(Br)cc1.Cl.Cl. The molecule has 138 valence electrons. The van der Waals surface area contributed by atoms with Crippen molar-refractivity contribution >= 4 is 46.7 Å². The first kappa shape index (κ1) is 23.7. The van der Waals surface area contributed by atoms with E-state index < -0.39 is 5.54 Å². The Labute approximate surface area is 166 Å². The molecule has 1 saturated heterocycles. The highest BCUT2D eigenvalue weighted by molar-refractivity contribution is 9.10. The zero-order chi connectivity index (χ0) is 16.3. The molecule has 0 aromatic heterocycles. The summed E-state index contributed by atoms with van der Waals surface area (Å²) >= 11 is 3.41. The number of rotatable bonds is 5. The van der Waals surface area contributed by atoms with Crippen LogP contribution in [0.5, 0.6) is 0 Å². The number of amides is 1. The Kier molecular flexibility index (Phi) is 9.84. The molecule has 1 aromatic rings. The van der Waals surface area contributed by atoms with Gasteiger partial charge in [0.05, 0.1) is 0 Å². The maximum atomic E-state index is 12.8. The van der Waals surface area contributed by atoms with Crippen molar-refractivity contribution in [2.24, 2.45) is 5.73 Å². The summed E-state index contributed by atoms with van der Waals surface area (Å²) in [6.45, 7) is 6.89. The van der Waals surface area contributed by atoms with Gasteiger partial charge in [0.15, 0.2) is 0 Å². The van der Waals surface area contributed by atoms with E-state index in [1.165, 1.54) is 6.42 Å². The van der Waals surface area contributed by atoms with Gasteiger partial charge in [-0.15, -0.1) is 24.8 Å². The van der Waals surface area contributed by atoms with Crippen molar-refractivity contribution in [2.45, 2.75) is 38.3 Å². The van der Waals surface area contributed by atoms with Gasteiger partial charge in [0.1, 0.15) is 5.54 Å². The normalized spacial score (nSPS) is 19.8. The average Bonchev–Trinajstić information content (AvgIpc) is 2.94. The maximum absolute atomic E-state index is 12.8. The third-order valence-electron chi connectivity index (χ3n) is 4.62. The van der Waals surface area contributed by atoms with E-state index in [0.29, 0.717) is 6.04 Å². The molecule has 1 aliphatic rings. The second kappa shape index (κ2) is 9.97. The van der Waals surface area contributed by atoms with Gasteiger partial charge in [0, 0.05) is 24.1 Å². The van der Waals surface area contributed by atoms with Crippen LogP contribution in [0.3, 0.4) is 0 Å². The molecule has 2 rings (SSSR count). The Hall–Kier alpha value is -0.330. The van der Waals surface area contributed by atoms with E-state index in [9.17, 15) is 4.79 Å². The summed E-state index contributed by atoms with van der Waals surface area (Å²) in [6, 6.07) is 8.11. The van der Waals surface area contributed by atoms with E-state index in [1.54, 1.807) is 11.8 Å². The molecule has 1 aromatic carbocycles. The summed E-state index contributed by atoms with van der Waals surface area (Å²) in [4.78, 5) is 17.0. The smallest absolute Gasteiger partial charge is 0.246 e. The van der Waals surface area contributed by atoms with Crippen LogP contribution in [0.25, 0.3) is 0 Å². The number of likely N-dealkylation sites (N-methyl/N-ethyl adjacent to an activating group) is 2. The van der Waals surface area contributed by atoms with E-state index in [-0.39, 0.29) is 30.7 Å².